The van der Waals surface area contributed by atoms with Crippen LogP contribution in [0.2, 0.25) is 0 Å². The highest BCUT2D eigenvalue weighted by Crippen LogP contribution is 2.23. The molecule has 78 valence electrons. The van der Waals surface area contributed by atoms with Crippen LogP contribution < -0.4 is 0 Å². The van der Waals surface area contributed by atoms with Gasteiger partial charge in [-0.1, -0.05) is 28.0 Å². The van der Waals surface area contributed by atoms with Crippen LogP contribution in [0.25, 0.3) is 0 Å². The Hall–Kier alpha value is 1.22. The molecule has 0 amide bonds. The van der Waals surface area contributed by atoms with Crippen molar-refractivity contribution in [3.63, 3.8) is 0 Å². The van der Waals surface area contributed by atoms with E-state index < -0.39 is 0 Å². The van der Waals surface area contributed by atoms with Crippen molar-refractivity contribution in [1.29, 1.82) is 0 Å². The summed E-state index contributed by atoms with van der Waals surface area (Å²) in [7, 11) is 1.70. The lowest BCUT2D eigenvalue weighted by Gasteiger charge is -2.19. The Balaban J connectivity index is 3.79. The molecule has 0 radical (unpaired) electrons. The molecular weight excluding hydrogens is 367 g/mol. The molecule has 0 aliphatic carbocycles. The second-order valence-corrected chi connectivity index (χ2v) is 5.70. The van der Waals surface area contributed by atoms with Crippen molar-refractivity contribution in [2.24, 2.45) is 5.92 Å². The van der Waals surface area contributed by atoms with Gasteiger partial charge in [0.15, 0.2) is 0 Å². The first-order valence-electron chi connectivity index (χ1n) is 3.96. The minimum Gasteiger partial charge on any atom is -0.392 e. The van der Waals surface area contributed by atoms with Crippen LogP contribution in [0.5, 0.6) is 0 Å². The minimum atomic E-state index is -0.353. The molecule has 0 aromatic carbocycles. The zero-order chi connectivity index (χ0) is 10.3. The molecule has 2 nitrogen and oxygen atoms in total. The van der Waals surface area contributed by atoms with Gasteiger partial charge in [-0.25, -0.2) is 0 Å². The van der Waals surface area contributed by atoms with Crippen molar-refractivity contribution in [3.8, 4) is 0 Å². The van der Waals surface area contributed by atoms with E-state index in [-0.39, 0.29) is 12.0 Å². The fourth-order valence-electron chi connectivity index (χ4n) is 0.889. The molecule has 0 heterocycles. The van der Waals surface area contributed by atoms with E-state index in [1.54, 1.807) is 8.93 Å². The Kier molecular flexibility index (Phi) is 9.32. The third-order valence-corrected chi connectivity index (χ3v) is 3.69. The summed E-state index contributed by atoms with van der Waals surface area (Å²) in [6.45, 7) is 6.45. The first-order chi connectivity index (χ1) is 6.13. The predicted octanol–water partition coefficient (Wildman–Crippen LogP) is 3.34. The summed E-state index contributed by atoms with van der Waals surface area (Å²) in [6, 6.07) is 0. The van der Waals surface area contributed by atoms with Gasteiger partial charge in [-0.05, 0) is 27.6 Å². The largest absolute Gasteiger partial charge is 0.392 e. The lowest BCUT2D eigenvalue weighted by atomic mass is 9.96. The zero-order valence-corrected chi connectivity index (χ0v) is 12.1. The predicted molar refractivity (Wildman–Crippen MR) is 70.3 cm³/mol. The normalized spacial score (nSPS) is 15.4. The summed E-state index contributed by atoms with van der Waals surface area (Å²) >= 11 is 5.09. The standard InChI is InChI=1S/C8H14BrIO2S/c1-6(5-13-10)7(2)8(11)3-4-12-9/h7-8,11H,1,3-5H2,2H3. The molecule has 13 heavy (non-hydrogen) atoms. The van der Waals surface area contributed by atoms with Gasteiger partial charge >= 0.3 is 0 Å². The van der Waals surface area contributed by atoms with Crippen LogP contribution in [0.15, 0.2) is 12.2 Å². The van der Waals surface area contributed by atoms with Crippen LogP contribution >= 0.6 is 46.4 Å². The Morgan fingerprint density at radius 3 is 2.85 bits per heavy atom. The number of aliphatic hydroxyl groups is 1. The molecule has 0 aromatic rings. The van der Waals surface area contributed by atoms with Gasteiger partial charge in [-0.3, -0.25) is 0 Å². The lowest BCUT2D eigenvalue weighted by molar-refractivity contribution is 0.110. The molecule has 0 aliphatic rings. The van der Waals surface area contributed by atoms with Crippen LogP contribution in [0, 0.1) is 5.92 Å². The van der Waals surface area contributed by atoms with Gasteiger partial charge in [0, 0.05) is 11.7 Å². The van der Waals surface area contributed by atoms with E-state index in [1.165, 1.54) is 0 Å². The Morgan fingerprint density at radius 2 is 2.38 bits per heavy atom. The molecule has 2 atom stereocenters. The van der Waals surface area contributed by atoms with E-state index in [9.17, 15) is 5.11 Å². The first kappa shape index (κ1) is 14.2. The maximum Gasteiger partial charge on any atom is 0.0987 e. The lowest BCUT2D eigenvalue weighted by Crippen LogP contribution is -2.21. The molecule has 0 fully saturated rings. The quantitative estimate of drug-likeness (QED) is 0.542. The van der Waals surface area contributed by atoms with Crippen LogP contribution in [0.4, 0.5) is 0 Å². The van der Waals surface area contributed by atoms with E-state index in [1.807, 2.05) is 6.92 Å². The van der Waals surface area contributed by atoms with Crippen LogP contribution in [0.3, 0.4) is 0 Å². The molecule has 0 bridgehead atoms. The molecule has 0 saturated carbocycles. The number of halogens is 2. The van der Waals surface area contributed by atoms with Crippen molar-refractivity contribution in [2.45, 2.75) is 19.4 Å². The summed E-state index contributed by atoms with van der Waals surface area (Å²) in [5.74, 6) is 1.04. The number of aliphatic hydroxyl groups excluding tert-OH is 1. The van der Waals surface area contributed by atoms with Crippen molar-refractivity contribution in [1.82, 2.24) is 0 Å². The van der Waals surface area contributed by atoms with Crippen LogP contribution in [0.1, 0.15) is 13.3 Å². The van der Waals surface area contributed by atoms with Gasteiger partial charge in [0.2, 0.25) is 0 Å². The maximum absolute atomic E-state index is 9.67. The summed E-state index contributed by atoms with van der Waals surface area (Å²) in [4.78, 5) is 0. The molecule has 1 N–H and O–H groups in total. The molecule has 0 aromatic heterocycles. The minimum absolute atomic E-state index is 0.143. The van der Waals surface area contributed by atoms with E-state index in [0.29, 0.717) is 13.0 Å². The summed E-state index contributed by atoms with van der Waals surface area (Å²) in [5.41, 5.74) is 1.08. The second kappa shape index (κ2) is 8.52. The molecule has 0 rings (SSSR count). The summed E-state index contributed by atoms with van der Waals surface area (Å²) < 4.78 is 4.72. The SMILES string of the molecule is C=C(CSI)C(C)C(O)CCOBr. The molecule has 0 aliphatic heterocycles. The molecule has 5 heteroatoms. The first-order valence-corrected chi connectivity index (χ1v) is 8.13. The highest BCUT2D eigenvalue weighted by atomic mass is 127. The zero-order valence-electron chi connectivity index (χ0n) is 7.50. The van der Waals surface area contributed by atoms with Crippen molar-refractivity contribution >= 4 is 46.4 Å². The Morgan fingerprint density at radius 1 is 1.77 bits per heavy atom. The van der Waals surface area contributed by atoms with E-state index in [2.05, 4.69) is 44.0 Å². The average Bonchev–Trinajstić information content (AvgIpc) is 2.13. The van der Waals surface area contributed by atoms with Crippen molar-refractivity contribution in [3.05, 3.63) is 12.2 Å². The number of rotatable bonds is 7. The summed E-state index contributed by atoms with van der Waals surface area (Å²) in [6.07, 6.45) is 0.283. The van der Waals surface area contributed by atoms with Gasteiger partial charge in [-0.15, -0.1) is 0 Å². The van der Waals surface area contributed by atoms with Crippen molar-refractivity contribution in [2.75, 3.05) is 12.4 Å². The Labute approximate surface area is 105 Å². The van der Waals surface area contributed by atoms with Gasteiger partial charge in [0.1, 0.15) is 0 Å². The molecular formula is C8H14BrIO2S. The molecule has 0 saturated heterocycles. The van der Waals surface area contributed by atoms with E-state index in [4.69, 9.17) is 3.83 Å². The van der Waals surface area contributed by atoms with E-state index >= 15 is 0 Å². The monoisotopic (exact) mass is 380 g/mol. The summed E-state index contributed by atoms with van der Waals surface area (Å²) in [5, 5.41) is 9.67. The maximum atomic E-state index is 9.67. The third-order valence-electron chi connectivity index (χ3n) is 1.95. The highest BCUT2D eigenvalue weighted by Gasteiger charge is 2.16. The number of hydrogen-bond donors (Lipinski definition) is 1. The van der Waals surface area contributed by atoms with Crippen LogP contribution in [-0.4, -0.2) is 23.6 Å². The smallest absolute Gasteiger partial charge is 0.0987 e. The fraction of sp³-hybridized carbons (Fsp3) is 0.750. The topological polar surface area (TPSA) is 29.5 Å². The molecule has 0 spiro atoms. The van der Waals surface area contributed by atoms with Crippen LogP contribution in [-0.2, 0) is 3.83 Å². The van der Waals surface area contributed by atoms with Gasteiger partial charge in [0.25, 0.3) is 0 Å². The fourth-order valence-corrected chi connectivity index (χ4v) is 2.68. The van der Waals surface area contributed by atoms with Crippen molar-refractivity contribution < 1.29 is 8.93 Å². The second-order valence-electron chi connectivity index (χ2n) is 2.87. The van der Waals surface area contributed by atoms with E-state index in [0.717, 1.165) is 11.3 Å². The Bertz CT molecular complexity index is 157. The third kappa shape index (κ3) is 6.33. The number of hydrogen-bond acceptors (Lipinski definition) is 3. The van der Waals surface area contributed by atoms with Gasteiger partial charge < -0.3 is 8.93 Å². The van der Waals surface area contributed by atoms with Gasteiger partial charge in [-0.2, -0.15) is 0 Å². The average molecular weight is 381 g/mol. The van der Waals surface area contributed by atoms with Gasteiger partial charge in [0.05, 0.1) is 29.0 Å². The highest BCUT2D eigenvalue weighted by molar-refractivity contribution is 14.2. The molecule has 2 unspecified atom stereocenters.